The number of para-hydroxylation sites is 1. The lowest BCUT2D eigenvalue weighted by atomic mass is 10.1. The molecule has 0 bridgehead atoms. The number of pyridine rings is 1. The van der Waals surface area contributed by atoms with E-state index in [1.165, 1.54) is 5.56 Å². The summed E-state index contributed by atoms with van der Waals surface area (Å²) in [5.74, 6) is 0.735. The van der Waals surface area contributed by atoms with Gasteiger partial charge in [0.2, 0.25) is 0 Å². The second-order valence-corrected chi connectivity index (χ2v) is 4.47. The molecule has 19 heavy (non-hydrogen) atoms. The molecule has 3 heteroatoms. The third-order valence-electron chi connectivity index (χ3n) is 3.11. The maximum absolute atomic E-state index is 9.25. The van der Waals surface area contributed by atoms with Crippen LogP contribution in [0.5, 0.6) is 0 Å². The number of benzene rings is 1. The molecule has 0 saturated heterocycles. The first-order valence-electron chi connectivity index (χ1n) is 6.38. The lowest BCUT2D eigenvalue weighted by molar-refractivity contribution is 0.969. The first kappa shape index (κ1) is 13.1. The fraction of sp³-hybridized carbons (Fsp3) is 0.250. The van der Waals surface area contributed by atoms with Gasteiger partial charge in [-0.1, -0.05) is 18.2 Å². The van der Waals surface area contributed by atoms with Gasteiger partial charge in [-0.3, -0.25) is 0 Å². The van der Waals surface area contributed by atoms with Crippen LogP contribution >= 0.6 is 0 Å². The molecule has 0 amide bonds. The summed E-state index contributed by atoms with van der Waals surface area (Å²) in [5.41, 5.74) is 3.80. The Morgan fingerprint density at radius 1 is 1.16 bits per heavy atom. The van der Waals surface area contributed by atoms with Gasteiger partial charge in [0.05, 0.1) is 5.56 Å². The number of rotatable bonds is 3. The number of nitrogens with zero attached hydrogens (tertiary/aromatic N) is 3. The van der Waals surface area contributed by atoms with E-state index < -0.39 is 0 Å². The highest BCUT2D eigenvalue weighted by molar-refractivity contribution is 5.68. The van der Waals surface area contributed by atoms with Crippen molar-refractivity contribution in [2.75, 3.05) is 11.4 Å². The van der Waals surface area contributed by atoms with Crippen LogP contribution in [0, 0.1) is 25.2 Å². The minimum absolute atomic E-state index is 0.607. The van der Waals surface area contributed by atoms with Crippen LogP contribution in [0.25, 0.3) is 0 Å². The molecule has 1 aromatic carbocycles. The third kappa shape index (κ3) is 2.58. The highest BCUT2D eigenvalue weighted by Gasteiger charge is 2.15. The normalized spacial score (nSPS) is 10.0. The van der Waals surface area contributed by atoms with Gasteiger partial charge >= 0.3 is 0 Å². The summed E-state index contributed by atoms with van der Waals surface area (Å²) in [7, 11) is 0. The van der Waals surface area contributed by atoms with E-state index in [1.807, 2.05) is 31.2 Å². The van der Waals surface area contributed by atoms with Crippen molar-refractivity contribution in [2.45, 2.75) is 20.8 Å². The first-order valence-corrected chi connectivity index (χ1v) is 6.38. The predicted molar refractivity (Wildman–Crippen MR) is 77.5 cm³/mol. The van der Waals surface area contributed by atoms with E-state index in [-0.39, 0.29) is 0 Å². The number of aryl methyl sites for hydroxylation is 2. The van der Waals surface area contributed by atoms with E-state index in [2.05, 4.69) is 41.9 Å². The average Bonchev–Trinajstić information content (AvgIpc) is 2.42. The summed E-state index contributed by atoms with van der Waals surface area (Å²) in [6, 6.07) is 14.1. The van der Waals surface area contributed by atoms with E-state index >= 15 is 0 Å². The molecule has 2 aromatic rings. The van der Waals surface area contributed by atoms with Crippen LogP contribution in [0.3, 0.4) is 0 Å². The maximum Gasteiger partial charge on any atom is 0.151 e. The number of aromatic nitrogens is 1. The molecule has 1 heterocycles. The van der Waals surface area contributed by atoms with Crippen molar-refractivity contribution in [3.63, 3.8) is 0 Å². The van der Waals surface area contributed by atoms with Crippen LogP contribution in [-0.2, 0) is 0 Å². The Balaban J connectivity index is 2.58. The Morgan fingerprint density at radius 3 is 2.53 bits per heavy atom. The van der Waals surface area contributed by atoms with Crippen molar-refractivity contribution in [1.82, 2.24) is 4.98 Å². The zero-order valence-corrected chi connectivity index (χ0v) is 11.5. The molecule has 0 radical (unpaired) electrons. The second kappa shape index (κ2) is 5.53. The van der Waals surface area contributed by atoms with Gasteiger partial charge < -0.3 is 4.90 Å². The van der Waals surface area contributed by atoms with Crippen LogP contribution in [0.1, 0.15) is 23.7 Å². The molecule has 2 rings (SSSR count). The summed E-state index contributed by atoms with van der Waals surface area (Å²) in [4.78, 5) is 6.62. The number of nitriles is 1. The standard InChI is InChI=1S/C16H17N3/c1-4-19(15-8-6-5-7-12(15)2)16-14(11-17)10-9-13(3)18-16/h5-10H,4H2,1-3H3. The lowest BCUT2D eigenvalue weighted by Crippen LogP contribution is -2.20. The summed E-state index contributed by atoms with van der Waals surface area (Å²) in [6.45, 7) is 6.85. The van der Waals surface area contributed by atoms with Gasteiger partial charge in [0, 0.05) is 17.9 Å². The number of anilines is 2. The lowest BCUT2D eigenvalue weighted by Gasteiger charge is -2.25. The minimum Gasteiger partial charge on any atom is -0.325 e. The summed E-state index contributed by atoms with van der Waals surface area (Å²) in [6.07, 6.45) is 0. The summed E-state index contributed by atoms with van der Waals surface area (Å²) in [5, 5.41) is 9.25. The van der Waals surface area contributed by atoms with Gasteiger partial charge in [0.25, 0.3) is 0 Å². The molecule has 0 aliphatic heterocycles. The predicted octanol–water partition coefficient (Wildman–Crippen LogP) is 3.73. The highest BCUT2D eigenvalue weighted by atomic mass is 15.2. The van der Waals surface area contributed by atoms with Crippen LogP contribution in [0.15, 0.2) is 36.4 Å². The largest absolute Gasteiger partial charge is 0.325 e. The monoisotopic (exact) mass is 251 g/mol. The molecule has 3 nitrogen and oxygen atoms in total. The Kier molecular flexibility index (Phi) is 3.82. The SMILES string of the molecule is CCN(c1ccccc1C)c1nc(C)ccc1C#N. The molecule has 0 aliphatic rings. The van der Waals surface area contributed by atoms with Crippen LogP contribution < -0.4 is 4.90 Å². The topological polar surface area (TPSA) is 39.9 Å². The molecule has 0 saturated carbocycles. The molecule has 96 valence electrons. The molecule has 0 atom stereocenters. The van der Waals surface area contributed by atoms with Gasteiger partial charge in [-0.15, -0.1) is 0 Å². The van der Waals surface area contributed by atoms with Crippen molar-refractivity contribution < 1.29 is 0 Å². The zero-order valence-electron chi connectivity index (χ0n) is 11.5. The highest BCUT2D eigenvalue weighted by Crippen LogP contribution is 2.29. The number of hydrogen-bond donors (Lipinski definition) is 0. The van der Waals surface area contributed by atoms with Crippen molar-refractivity contribution in [2.24, 2.45) is 0 Å². The van der Waals surface area contributed by atoms with E-state index in [9.17, 15) is 5.26 Å². The molecule has 0 spiro atoms. The fourth-order valence-electron chi connectivity index (χ4n) is 2.14. The Labute approximate surface area is 114 Å². The Hall–Kier alpha value is -2.34. The zero-order chi connectivity index (χ0) is 13.8. The summed E-state index contributed by atoms with van der Waals surface area (Å²) < 4.78 is 0. The van der Waals surface area contributed by atoms with Gasteiger partial charge in [-0.05, 0) is 44.5 Å². The third-order valence-corrected chi connectivity index (χ3v) is 3.11. The Morgan fingerprint density at radius 2 is 1.89 bits per heavy atom. The van der Waals surface area contributed by atoms with E-state index in [0.717, 1.165) is 23.7 Å². The van der Waals surface area contributed by atoms with E-state index in [1.54, 1.807) is 0 Å². The number of hydrogen-bond acceptors (Lipinski definition) is 3. The fourth-order valence-corrected chi connectivity index (χ4v) is 2.14. The molecule has 0 unspecified atom stereocenters. The maximum atomic E-state index is 9.25. The summed E-state index contributed by atoms with van der Waals surface area (Å²) >= 11 is 0. The van der Waals surface area contributed by atoms with E-state index in [4.69, 9.17) is 0 Å². The first-order chi connectivity index (χ1) is 9.17. The van der Waals surface area contributed by atoms with Crippen molar-refractivity contribution in [3.8, 4) is 6.07 Å². The molecule has 0 aliphatic carbocycles. The van der Waals surface area contributed by atoms with Gasteiger partial charge in [0.15, 0.2) is 5.82 Å². The van der Waals surface area contributed by atoms with Crippen LogP contribution in [-0.4, -0.2) is 11.5 Å². The van der Waals surface area contributed by atoms with Crippen LogP contribution in [0.4, 0.5) is 11.5 Å². The quantitative estimate of drug-likeness (QED) is 0.834. The van der Waals surface area contributed by atoms with Gasteiger partial charge in [0.1, 0.15) is 6.07 Å². The molecule has 0 fully saturated rings. The van der Waals surface area contributed by atoms with Gasteiger partial charge in [-0.25, -0.2) is 4.98 Å². The van der Waals surface area contributed by atoms with Crippen LogP contribution in [0.2, 0.25) is 0 Å². The smallest absolute Gasteiger partial charge is 0.151 e. The Bertz CT molecular complexity index is 626. The molecule has 0 N–H and O–H groups in total. The van der Waals surface area contributed by atoms with Crippen molar-refractivity contribution in [1.29, 1.82) is 5.26 Å². The molecule has 1 aromatic heterocycles. The van der Waals surface area contributed by atoms with E-state index in [0.29, 0.717) is 5.56 Å². The van der Waals surface area contributed by atoms with Crippen molar-refractivity contribution in [3.05, 3.63) is 53.2 Å². The minimum atomic E-state index is 0.607. The molecular weight excluding hydrogens is 234 g/mol. The van der Waals surface area contributed by atoms with Gasteiger partial charge in [-0.2, -0.15) is 5.26 Å². The molecular formula is C16H17N3. The second-order valence-electron chi connectivity index (χ2n) is 4.47. The average molecular weight is 251 g/mol. The van der Waals surface area contributed by atoms with Crippen molar-refractivity contribution >= 4 is 11.5 Å².